The van der Waals surface area contributed by atoms with E-state index in [1.165, 1.54) is 21.2 Å². The molecule has 0 radical (unpaired) electrons. The van der Waals surface area contributed by atoms with E-state index >= 15 is 0 Å². The second kappa shape index (κ2) is 5.32. The normalized spacial score (nSPS) is 10.7. The number of amides is 1. The van der Waals surface area contributed by atoms with Crippen LogP contribution in [0.15, 0.2) is 23.6 Å². The number of nitrogens with one attached hydrogen (secondary N) is 1. The van der Waals surface area contributed by atoms with E-state index in [0.717, 1.165) is 19.4 Å². The number of carbonyl (C=O) groups is 1. The minimum Gasteiger partial charge on any atom is -0.356 e. The maximum absolute atomic E-state index is 10.8. The number of hydrogen-bond donors (Lipinski definition) is 1. The van der Waals surface area contributed by atoms with Gasteiger partial charge in [0.15, 0.2) is 0 Å². The molecule has 0 spiro atoms. The summed E-state index contributed by atoms with van der Waals surface area (Å²) in [7, 11) is 0. The lowest BCUT2D eigenvalue weighted by Crippen LogP contribution is -2.22. The third-order valence-electron chi connectivity index (χ3n) is 2.89. The highest BCUT2D eigenvalue weighted by Gasteiger charge is 2.04. The Morgan fingerprint density at radius 2 is 2.24 bits per heavy atom. The van der Waals surface area contributed by atoms with E-state index < -0.39 is 0 Å². The average Bonchev–Trinajstić information content (AvgIpc) is 2.71. The van der Waals surface area contributed by atoms with E-state index in [4.69, 9.17) is 0 Å². The topological polar surface area (TPSA) is 29.1 Å². The Bertz CT molecular complexity index is 530. The summed E-state index contributed by atoms with van der Waals surface area (Å²) in [4.78, 5) is 10.8. The minimum absolute atomic E-state index is 0.0405. The number of benzene rings is 1. The standard InChI is InChI=1S/C14H17NOS/c1-3-11-4-5-14-13(8-11)12(9-17-14)6-7-15-10(2)16/h4-5,8-9H,3,6-7H2,1-2H3,(H,15,16). The van der Waals surface area contributed by atoms with Crippen molar-refractivity contribution in [1.29, 1.82) is 0 Å². The molecule has 0 unspecified atom stereocenters. The van der Waals surface area contributed by atoms with Gasteiger partial charge in [-0.15, -0.1) is 11.3 Å². The first kappa shape index (κ1) is 12.1. The zero-order valence-corrected chi connectivity index (χ0v) is 11.1. The summed E-state index contributed by atoms with van der Waals surface area (Å²) in [5.41, 5.74) is 2.71. The van der Waals surface area contributed by atoms with Gasteiger partial charge in [-0.3, -0.25) is 4.79 Å². The van der Waals surface area contributed by atoms with Crippen LogP contribution in [0, 0.1) is 0 Å². The smallest absolute Gasteiger partial charge is 0.216 e. The molecule has 2 nitrogen and oxygen atoms in total. The van der Waals surface area contributed by atoms with Gasteiger partial charge in [0.25, 0.3) is 0 Å². The molecule has 3 heteroatoms. The molecule has 0 aliphatic heterocycles. The van der Waals surface area contributed by atoms with Crippen molar-refractivity contribution in [2.45, 2.75) is 26.7 Å². The van der Waals surface area contributed by atoms with Crippen molar-refractivity contribution in [3.63, 3.8) is 0 Å². The monoisotopic (exact) mass is 247 g/mol. The number of aryl methyl sites for hydroxylation is 1. The summed E-state index contributed by atoms with van der Waals surface area (Å²) in [6.45, 7) is 4.45. The van der Waals surface area contributed by atoms with Crippen LogP contribution in [-0.4, -0.2) is 12.5 Å². The molecule has 0 saturated heterocycles. The van der Waals surface area contributed by atoms with Gasteiger partial charge in [-0.25, -0.2) is 0 Å². The summed E-state index contributed by atoms with van der Waals surface area (Å²) >= 11 is 1.78. The SMILES string of the molecule is CCc1ccc2scc(CCNC(C)=O)c2c1. The fourth-order valence-corrected chi connectivity index (χ4v) is 2.89. The number of rotatable bonds is 4. The Hall–Kier alpha value is -1.35. The number of carbonyl (C=O) groups excluding carboxylic acids is 1. The van der Waals surface area contributed by atoms with Gasteiger partial charge in [0.1, 0.15) is 0 Å². The maximum Gasteiger partial charge on any atom is 0.216 e. The van der Waals surface area contributed by atoms with Gasteiger partial charge in [-0.05, 0) is 40.8 Å². The van der Waals surface area contributed by atoms with Crippen LogP contribution in [0.4, 0.5) is 0 Å². The van der Waals surface area contributed by atoms with Crippen LogP contribution in [0.2, 0.25) is 0 Å². The summed E-state index contributed by atoms with van der Waals surface area (Å²) < 4.78 is 1.33. The minimum atomic E-state index is 0.0405. The van der Waals surface area contributed by atoms with Gasteiger partial charge < -0.3 is 5.32 Å². The third-order valence-corrected chi connectivity index (χ3v) is 3.91. The summed E-state index contributed by atoms with van der Waals surface area (Å²) in [6, 6.07) is 6.66. The quantitative estimate of drug-likeness (QED) is 0.883. The van der Waals surface area contributed by atoms with Crippen molar-refractivity contribution in [3.05, 3.63) is 34.7 Å². The second-order valence-electron chi connectivity index (χ2n) is 4.18. The fourth-order valence-electron chi connectivity index (χ4n) is 1.92. The molecule has 0 aliphatic carbocycles. The Kier molecular flexibility index (Phi) is 3.79. The molecule has 1 aromatic carbocycles. The van der Waals surface area contributed by atoms with Crippen molar-refractivity contribution >= 4 is 27.3 Å². The van der Waals surface area contributed by atoms with E-state index in [-0.39, 0.29) is 5.91 Å². The van der Waals surface area contributed by atoms with Crippen LogP contribution in [0.25, 0.3) is 10.1 Å². The molecule has 1 N–H and O–H groups in total. The highest BCUT2D eigenvalue weighted by atomic mass is 32.1. The highest BCUT2D eigenvalue weighted by molar-refractivity contribution is 7.17. The molecule has 2 aromatic rings. The summed E-state index contributed by atoms with van der Waals surface area (Å²) in [5, 5.41) is 6.39. The number of thiophene rings is 1. The second-order valence-corrected chi connectivity index (χ2v) is 5.09. The predicted octanol–water partition coefficient (Wildman–Crippen LogP) is 3.14. The Morgan fingerprint density at radius 3 is 2.94 bits per heavy atom. The van der Waals surface area contributed by atoms with Gasteiger partial charge in [0, 0.05) is 18.2 Å². The Morgan fingerprint density at radius 1 is 1.41 bits per heavy atom. The molecular weight excluding hydrogens is 230 g/mol. The first-order valence-electron chi connectivity index (χ1n) is 5.94. The molecule has 1 amide bonds. The molecule has 0 saturated carbocycles. The van der Waals surface area contributed by atoms with Gasteiger partial charge in [0.05, 0.1) is 0 Å². The van der Waals surface area contributed by atoms with Crippen molar-refractivity contribution in [2.75, 3.05) is 6.54 Å². The predicted molar refractivity (Wildman–Crippen MR) is 73.6 cm³/mol. The Labute approximate surface area is 106 Å². The molecule has 90 valence electrons. The first-order valence-corrected chi connectivity index (χ1v) is 6.82. The number of fused-ring (bicyclic) bond motifs is 1. The van der Waals surface area contributed by atoms with Gasteiger partial charge >= 0.3 is 0 Å². The molecule has 0 aliphatic rings. The van der Waals surface area contributed by atoms with Crippen molar-refractivity contribution < 1.29 is 4.79 Å². The zero-order valence-electron chi connectivity index (χ0n) is 10.2. The molecule has 1 aromatic heterocycles. The van der Waals surface area contributed by atoms with E-state index in [1.807, 2.05) is 0 Å². The van der Waals surface area contributed by atoms with Gasteiger partial charge in [-0.2, -0.15) is 0 Å². The molecule has 0 fully saturated rings. The van der Waals surface area contributed by atoms with Crippen LogP contribution in [-0.2, 0) is 17.6 Å². The molecule has 1 heterocycles. The lowest BCUT2D eigenvalue weighted by Gasteiger charge is -2.02. The fraction of sp³-hybridized carbons (Fsp3) is 0.357. The molecule has 0 bridgehead atoms. The van der Waals surface area contributed by atoms with Crippen LogP contribution in [0.5, 0.6) is 0 Å². The van der Waals surface area contributed by atoms with Crippen molar-refractivity contribution in [2.24, 2.45) is 0 Å². The van der Waals surface area contributed by atoms with Crippen LogP contribution in [0.1, 0.15) is 25.0 Å². The lowest BCUT2D eigenvalue weighted by molar-refractivity contribution is -0.118. The molecular formula is C14H17NOS. The van der Waals surface area contributed by atoms with Crippen molar-refractivity contribution in [1.82, 2.24) is 5.32 Å². The largest absolute Gasteiger partial charge is 0.356 e. The summed E-state index contributed by atoms with van der Waals surface area (Å²) in [6.07, 6.45) is 1.98. The average molecular weight is 247 g/mol. The van der Waals surface area contributed by atoms with Crippen molar-refractivity contribution in [3.8, 4) is 0 Å². The van der Waals surface area contributed by atoms with E-state index in [2.05, 4.69) is 35.8 Å². The van der Waals surface area contributed by atoms with E-state index in [9.17, 15) is 4.79 Å². The van der Waals surface area contributed by atoms with E-state index in [0.29, 0.717) is 0 Å². The molecule has 2 rings (SSSR count). The lowest BCUT2D eigenvalue weighted by atomic mass is 10.1. The molecule has 17 heavy (non-hydrogen) atoms. The first-order chi connectivity index (χ1) is 8.20. The van der Waals surface area contributed by atoms with Gasteiger partial charge in [-0.1, -0.05) is 19.1 Å². The van der Waals surface area contributed by atoms with E-state index in [1.54, 1.807) is 18.3 Å². The third kappa shape index (κ3) is 2.86. The van der Waals surface area contributed by atoms with Crippen LogP contribution >= 0.6 is 11.3 Å². The maximum atomic E-state index is 10.8. The number of hydrogen-bond acceptors (Lipinski definition) is 2. The summed E-state index contributed by atoms with van der Waals surface area (Å²) in [5.74, 6) is 0.0405. The highest BCUT2D eigenvalue weighted by Crippen LogP contribution is 2.27. The van der Waals surface area contributed by atoms with Gasteiger partial charge in [0.2, 0.25) is 5.91 Å². The van der Waals surface area contributed by atoms with Crippen LogP contribution < -0.4 is 5.32 Å². The molecule has 0 atom stereocenters. The van der Waals surface area contributed by atoms with Crippen LogP contribution in [0.3, 0.4) is 0 Å². The zero-order chi connectivity index (χ0) is 12.3. The Balaban J connectivity index is 2.19.